The van der Waals surface area contributed by atoms with Crippen LogP contribution in [0.5, 0.6) is 0 Å². The van der Waals surface area contributed by atoms with Crippen LogP contribution in [0.4, 0.5) is 0 Å². The third-order valence-electron chi connectivity index (χ3n) is 3.82. The molecule has 0 N–H and O–H groups in total. The molecule has 0 atom stereocenters. The van der Waals surface area contributed by atoms with Gasteiger partial charge in [0, 0.05) is 11.1 Å². The van der Waals surface area contributed by atoms with Gasteiger partial charge in [0.25, 0.3) is 0 Å². The predicted octanol–water partition coefficient (Wildman–Crippen LogP) is 4.71. The highest BCUT2D eigenvalue weighted by molar-refractivity contribution is 7.99. The summed E-state index contributed by atoms with van der Waals surface area (Å²) in [6.07, 6.45) is 5.40. The molecule has 0 aliphatic carbocycles. The summed E-state index contributed by atoms with van der Waals surface area (Å²) in [5.74, 6) is 2.52. The van der Waals surface area contributed by atoms with Gasteiger partial charge in [-0.2, -0.15) is 0 Å². The van der Waals surface area contributed by atoms with Crippen LogP contribution in [0, 0.1) is 12.3 Å². The number of benzene rings is 2. The Labute approximate surface area is 163 Å². The number of esters is 1. The Kier molecular flexibility index (Phi) is 6.24. The molecule has 134 valence electrons. The van der Waals surface area contributed by atoms with Gasteiger partial charge in [-0.15, -0.1) is 16.6 Å². The standard InChI is InChI=1S/C22H18N2O2S/c1-3-15-27-21-19(22(25)26-4-2)18(16-11-7-5-8-12-16)20(23-24-21)17-13-9-6-10-14-17/h1,5-14H,4,15H2,2H3. The Bertz CT molecular complexity index is 967. The molecule has 0 aliphatic heterocycles. The van der Waals surface area contributed by atoms with Gasteiger partial charge in [-0.25, -0.2) is 4.79 Å². The number of carbonyl (C=O) groups excluding carboxylic acids is 1. The number of thioether (sulfide) groups is 1. The maximum absolute atomic E-state index is 12.9. The van der Waals surface area contributed by atoms with E-state index in [1.807, 2.05) is 60.7 Å². The summed E-state index contributed by atoms with van der Waals surface area (Å²) in [6.45, 7) is 2.05. The molecule has 0 spiro atoms. The first-order valence-electron chi connectivity index (χ1n) is 8.51. The summed E-state index contributed by atoms with van der Waals surface area (Å²) in [7, 11) is 0. The van der Waals surface area contributed by atoms with Crippen molar-refractivity contribution in [3.05, 3.63) is 66.2 Å². The van der Waals surface area contributed by atoms with Gasteiger partial charge >= 0.3 is 5.97 Å². The predicted molar refractivity (Wildman–Crippen MR) is 108 cm³/mol. The highest BCUT2D eigenvalue weighted by Gasteiger charge is 2.25. The van der Waals surface area contributed by atoms with Gasteiger partial charge in [-0.1, -0.05) is 78.3 Å². The number of nitrogens with zero attached hydrogens (tertiary/aromatic N) is 2. The van der Waals surface area contributed by atoms with E-state index in [1.54, 1.807) is 6.92 Å². The highest BCUT2D eigenvalue weighted by atomic mass is 32.2. The Morgan fingerprint density at radius 1 is 1.04 bits per heavy atom. The molecule has 0 fully saturated rings. The minimum absolute atomic E-state index is 0.273. The molecule has 0 saturated carbocycles. The van der Waals surface area contributed by atoms with Crippen molar-refractivity contribution < 1.29 is 9.53 Å². The molecule has 0 bridgehead atoms. The normalized spacial score (nSPS) is 10.2. The SMILES string of the molecule is C#CCSc1nnc(-c2ccccc2)c(-c2ccccc2)c1C(=O)OCC. The first kappa shape index (κ1) is 18.7. The molecule has 2 aromatic carbocycles. The zero-order valence-corrected chi connectivity index (χ0v) is 15.7. The van der Waals surface area contributed by atoms with E-state index >= 15 is 0 Å². The first-order valence-corrected chi connectivity index (χ1v) is 9.49. The van der Waals surface area contributed by atoms with E-state index in [4.69, 9.17) is 11.2 Å². The van der Waals surface area contributed by atoms with Crippen LogP contribution in [0.1, 0.15) is 17.3 Å². The van der Waals surface area contributed by atoms with Crippen molar-refractivity contribution in [2.45, 2.75) is 11.9 Å². The molecule has 0 saturated heterocycles. The van der Waals surface area contributed by atoms with Gasteiger partial charge in [-0.3, -0.25) is 0 Å². The van der Waals surface area contributed by atoms with Crippen LogP contribution in [0.3, 0.4) is 0 Å². The lowest BCUT2D eigenvalue weighted by molar-refractivity contribution is 0.0522. The third kappa shape index (κ3) is 4.18. The number of terminal acetylenes is 1. The second-order valence-corrected chi connectivity index (χ2v) is 6.51. The highest BCUT2D eigenvalue weighted by Crippen LogP contribution is 2.37. The van der Waals surface area contributed by atoms with Crippen molar-refractivity contribution in [1.29, 1.82) is 0 Å². The van der Waals surface area contributed by atoms with Crippen molar-refractivity contribution in [2.75, 3.05) is 12.4 Å². The van der Waals surface area contributed by atoms with Gasteiger partial charge < -0.3 is 4.74 Å². The fourth-order valence-electron chi connectivity index (χ4n) is 2.71. The molecular formula is C22H18N2O2S. The fraction of sp³-hybridized carbons (Fsp3) is 0.136. The molecule has 1 heterocycles. The smallest absolute Gasteiger partial charge is 0.341 e. The molecule has 0 unspecified atom stereocenters. The molecule has 5 heteroatoms. The Morgan fingerprint density at radius 3 is 2.26 bits per heavy atom. The summed E-state index contributed by atoms with van der Waals surface area (Å²) in [5, 5.41) is 9.21. The molecule has 1 aromatic heterocycles. The lowest BCUT2D eigenvalue weighted by Gasteiger charge is -2.16. The molecule has 3 aromatic rings. The number of ether oxygens (including phenoxy) is 1. The second kappa shape index (κ2) is 9.02. The molecule has 0 amide bonds. The number of hydrogen-bond donors (Lipinski definition) is 0. The van der Waals surface area contributed by atoms with Crippen molar-refractivity contribution >= 4 is 17.7 Å². The minimum atomic E-state index is -0.428. The average Bonchev–Trinajstić information content (AvgIpc) is 2.73. The number of aromatic nitrogens is 2. The summed E-state index contributed by atoms with van der Waals surface area (Å²) in [4.78, 5) is 12.9. The van der Waals surface area contributed by atoms with Gasteiger partial charge in [-0.05, 0) is 12.5 Å². The van der Waals surface area contributed by atoms with Gasteiger partial charge in [0.2, 0.25) is 0 Å². The minimum Gasteiger partial charge on any atom is -0.462 e. The molecule has 27 heavy (non-hydrogen) atoms. The van der Waals surface area contributed by atoms with Crippen LogP contribution in [0.25, 0.3) is 22.4 Å². The lowest BCUT2D eigenvalue weighted by atomic mass is 9.96. The van der Waals surface area contributed by atoms with Gasteiger partial charge in [0.15, 0.2) is 0 Å². The third-order valence-corrected chi connectivity index (χ3v) is 4.69. The topological polar surface area (TPSA) is 52.1 Å². The maximum atomic E-state index is 12.9. The van der Waals surface area contributed by atoms with Crippen LogP contribution in [-0.2, 0) is 4.74 Å². The molecule has 3 rings (SSSR count). The van der Waals surface area contributed by atoms with E-state index in [-0.39, 0.29) is 6.61 Å². The molecule has 4 nitrogen and oxygen atoms in total. The summed E-state index contributed by atoms with van der Waals surface area (Å²) in [5.41, 5.74) is 3.49. The Hall–Kier alpha value is -3.10. The Balaban J connectivity index is 2.31. The largest absolute Gasteiger partial charge is 0.462 e. The maximum Gasteiger partial charge on any atom is 0.341 e. The zero-order valence-electron chi connectivity index (χ0n) is 14.9. The number of rotatable bonds is 6. The average molecular weight is 374 g/mol. The van der Waals surface area contributed by atoms with Crippen molar-refractivity contribution in [1.82, 2.24) is 10.2 Å². The lowest BCUT2D eigenvalue weighted by Crippen LogP contribution is -2.12. The van der Waals surface area contributed by atoms with Crippen LogP contribution in [-0.4, -0.2) is 28.5 Å². The molecule has 0 aliphatic rings. The fourth-order valence-corrected chi connectivity index (χ4v) is 3.36. The van der Waals surface area contributed by atoms with Crippen molar-refractivity contribution in [3.8, 4) is 34.7 Å². The summed E-state index contributed by atoms with van der Waals surface area (Å²) < 4.78 is 5.33. The van der Waals surface area contributed by atoms with Crippen molar-refractivity contribution in [2.24, 2.45) is 0 Å². The van der Waals surface area contributed by atoms with E-state index in [1.165, 1.54) is 11.8 Å². The van der Waals surface area contributed by atoms with E-state index in [0.29, 0.717) is 27.6 Å². The quantitative estimate of drug-likeness (QED) is 0.355. The molecule has 0 radical (unpaired) electrons. The van der Waals surface area contributed by atoms with Crippen LogP contribution < -0.4 is 0 Å². The van der Waals surface area contributed by atoms with E-state index in [0.717, 1.165) is 11.1 Å². The monoisotopic (exact) mass is 374 g/mol. The first-order chi connectivity index (χ1) is 13.3. The van der Waals surface area contributed by atoms with Crippen LogP contribution in [0.2, 0.25) is 0 Å². The number of hydrogen-bond acceptors (Lipinski definition) is 5. The Morgan fingerprint density at radius 2 is 1.67 bits per heavy atom. The zero-order chi connectivity index (χ0) is 19.1. The van der Waals surface area contributed by atoms with Crippen molar-refractivity contribution in [3.63, 3.8) is 0 Å². The molecular weight excluding hydrogens is 356 g/mol. The summed E-state index contributed by atoms with van der Waals surface area (Å²) in [6, 6.07) is 19.3. The van der Waals surface area contributed by atoms with Gasteiger partial charge in [0.05, 0.1) is 12.4 Å². The van der Waals surface area contributed by atoms with Gasteiger partial charge in [0.1, 0.15) is 16.3 Å². The second-order valence-electron chi connectivity index (χ2n) is 5.55. The van der Waals surface area contributed by atoms with E-state index < -0.39 is 5.97 Å². The van der Waals surface area contributed by atoms with Crippen LogP contribution in [0.15, 0.2) is 65.7 Å². The van der Waals surface area contributed by atoms with Crippen LogP contribution >= 0.6 is 11.8 Å². The van der Waals surface area contributed by atoms with E-state index in [2.05, 4.69) is 16.1 Å². The van der Waals surface area contributed by atoms with E-state index in [9.17, 15) is 4.79 Å². The summed E-state index contributed by atoms with van der Waals surface area (Å²) >= 11 is 1.30. The number of carbonyl (C=O) groups is 1.